The molecular weight excluding hydrogens is 373 g/mol. The largest absolute Gasteiger partial charge is 0.487 e. The fourth-order valence-electron chi connectivity index (χ4n) is 2.97. The lowest BCUT2D eigenvalue weighted by molar-refractivity contribution is -0.122. The molecule has 0 aliphatic heterocycles. The van der Waals surface area contributed by atoms with Crippen molar-refractivity contribution >= 4 is 36.4 Å². The highest BCUT2D eigenvalue weighted by atomic mass is 35.5. The summed E-state index contributed by atoms with van der Waals surface area (Å²) >= 11 is 0. The Labute approximate surface area is 166 Å². The van der Waals surface area contributed by atoms with Crippen molar-refractivity contribution in [2.75, 3.05) is 5.32 Å². The van der Waals surface area contributed by atoms with Crippen LogP contribution in [0.25, 0.3) is 0 Å². The van der Waals surface area contributed by atoms with Crippen LogP contribution in [0.5, 0.6) is 5.75 Å². The molecule has 1 aromatic carbocycles. The van der Waals surface area contributed by atoms with E-state index in [0.29, 0.717) is 18.0 Å². The van der Waals surface area contributed by atoms with Crippen LogP contribution in [0.1, 0.15) is 37.8 Å². The van der Waals surface area contributed by atoms with E-state index in [2.05, 4.69) is 10.3 Å². The van der Waals surface area contributed by atoms with Gasteiger partial charge in [0, 0.05) is 18.0 Å². The van der Waals surface area contributed by atoms with Crippen LogP contribution < -0.4 is 15.8 Å². The van der Waals surface area contributed by atoms with E-state index in [1.54, 1.807) is 6.20 Å². The molecule has 0 unspecified atom stereocenters. The molecule has 3 N–H and O–H groups in total. The number of rotatable bonds is 5. The highest BCUT2D eigenvalue weighted by Gasteiger charge is 2.35. The Morgan fingerprint density at radius 1 is 1.12 bits per heavy atom. The summed E-state index contributed by atoms with van der Waals surface area (Å²) in [4.78, 5) is 16.7. The fourth-order valence-corrected chi connectivity index (χ4v) is 2.97. The Kier molecular flexibility index (Phi) is 8.85. The van der Waals surface area contributed by atoms with E-state index in [4.69, 9.17) is 10.5 Å². The Bertz CT molecular complexity index is 692. The maximum Gasteiger partial charge on any atom is 0.244 e. The molecule has 5 nitrogen and oxygen atoms in total. The topological polar surface area (TPSA) is 77.2 Å². The number of anilines is 1. The molecule has 1 aliphatic carbocycles. The van der Waals surface area contributed by atoms with E-state index in [-0.39, 0.29) is 30.7 Å². The first kappa shape index (κ1) is 22.2. The minimum atomic E-state index is -0.747. The quantitative estimate of drug-likeness (QED) is 0.795. The molecule has 26 heavy (non-hydrogen) atoms. The summed E-state index contributed by atoms with van der Waals surface area (Å²) in [6.45, 7) is 0.388. The smallest absolute Gasteiger partial charge is 0.244 e. The van der Waals surface area contributed by atoms with Gasteiger partial charge in [0.1, 0.15) is 12.4 Å². The summed E-state index contributed by atoms with van der Waals surface area (Å²) in [5, 5.41) is 2.93. The lowest BCUT2D eigenvalue weighted by Gasteiger charge is -2.31. The molecule has 0 spiro atoms. The summed E-state index contributed by atoms with van der Waals surface area (Å²) in [7, 11) is 0. The minimum Gasteiger partial charge on any atom is -0.487 e. The van der Waals surface area contributed by atoms with E-state index in [9.17, 15) is 4.79 Å². The van der Waals surface area contributed by atoms with E-state index < -0.39 is 5.54 Å². The number of pyridine rings is 1. The molecule has 0 saturated heterocycles. The second kappa shape index (κ2) is 10.4. The van der Waals surface area contributed by atoms with Gasteiger partial charge in [-0.3, -0.25) is 9.78 Å². The second-order valence-corrected chi connectivity index (χ2v) is 6.31. The minimum absolute atomic E-state index is 0. The van der Waals surface area contributed by atoms with Crippen LogP contribution in [0.2, 0.25) is 0 Å². The Morgan fingerprint density at radius 3 is 2.58 bits per heavy atom. The van der Waals surface area contributed by atoms with Crippen LogP contribution in [0.15, 0.2) is 48.7 Å². The van der Waals surface area contributed by atoms with Gasteiger partial charge in [-0.05, 0) is 37.1 Å². The van der Waals surface area contributed by atoms with Gasteiger partial charge in [0.25, 0.3) is 0 Å². The predicted molar refractivity (Wildman–Crippen MR) is 108 cm³/mol. The Hall–Kier alpha value is -1.82. The number of carbonyl (C=O) groups excluding carboxylic acids is 1. The molecular formula is C19H25Cl2N3O2. The number of carbonyl (C=O) groups is 1. The van der Waals surface area contributed by atoms with Gasteiger partial charge >= 0.3 is 0 Å². The second-order valence-electron chi connectivity index (χ2n) is 6.31. The summed E-state index contributed by atoms with van der Waals surface area (Å²) in [5.41, 5.74) is 7.08. The third-order valence-electron chi connectivity index (χ3n) is 4.40. The molecule has 1 aromatic heterocycles. The lowest BCUT2D eigenvalue weighted by Crippen LogP contribution is -2.52. The van der Waals surface area contributed by atoms with Crippen LogP contribution in [0.3, 0.4) is 0 Å². The first-order chi connectivity index (χ1) is 11.7. The third kappa shape index (κ3) is 5.87. The molecule has 7 heteroatoms. The number of nitrogens with zero attached hydrogens (tertiary/aromatic N) is 1. The molecule has 0 bridgehead atoms. The number of nitrogens with one attached hydrogen (secondary N) is 1. The van der Waals surface area contributed by atoms with Gasteiger partial charge in [-0.2, -0.15) is 0 Å². The van der Waals surface area contributed by atoms with Crippen molar-refractivity contribution in [3.8, 4) is 5.75 Å². The maximum atomic E-state index is 12.5. The van der Waals surface area contributed by atoms with Crippen LogP contribution in [-0.2, 0) is 11.4 Å². The number of halogens is 2. The molecule has 0 atom stereocenters. The standard InChI is InChI=1S/C19H23N3O2.2ClH/c20-19(10-3-1-4-11-19)18(23)22-15-8-6-9-17(13-15)24-14-16-7-2-5-12-21-16;;/h2,5-9,12-13H,1,3-4,10-11,14,20H2,(H,22,23);2*1H. The van der Waals surface area contributed by atoms with Crippen molar-refractivity contribution in [3.63, 3.8) is 0 Å². The summed E-state index contributed by atoms with van der Waals surface area (Å²) in [6, 6.07) is 13.1. The van der Waals surface area contributed by atoms with Crippen LogP contribution in [0, 0.1) is 0 Å². The van der Waals surface area contributed by atoms with Crippen molar-refractivity contribution in [2.45, 2.75) is 44.2 Å². The Balaban J connectivity index is 0.00000169. The fraction of sp³-hybridized carbons (Fsp3) is 0.368. The number of hydrogen-bond acceptors (Lipinski definition) is 4. The van der Waals surface area contributed by atoms with Crippen LogP contribution >= 0.6 is 24.8 Å². The first-order valence-corrected chi connectivity index (χ1v) is 8.39. The van der Waals surface area contributed by atoms with Gasteiger partial charge < -0.3 is 15.8 Å². The molecule has 1 amide bonds. The molecule has 1 aliphatic rings. The molecule has 2 aromatic rings. The van der Waals surface area contributed by atoms with Gasteiger partial charge in [-0.25, -0.2) is 0 Å². The van der Waals surface area contributed by atoms with Crippen molar-refractivity contribution in [2.24, 2.45) is 5.73 Å². The van der Waals surface area contributed by atoms with E-state index in [0.717, 1.165) is 37.8 Å². The molecule has 1 fully saturated rings. The number of nitrogens with two attached hydrogens (primary N) is 1. The van der Waals surface area contributed by atoms with Gasteiger partial charge in [0.15, 0.2) is 0 Å². The number of amides is 1. The third-order valence-corrected chi connectivity index (χ3v) is 4.40. The Morgan fingerprint density at radius 2 is 1.88 bits per heavy atom. The van der Waals surface area contributed by atoms with Crippen molar-refractivity contribution in [1.29, 1.82) is 0 Å². The van der Waals surface area contributed by atoms with E-state index in [1.165, 1.54) is 0 Å². The van der Waals surface area contributed by atoms with Crippen molar-refractivity contribution < 1.29 is 9.53 Å². The number of ether oxygens (including phenoxy) is 1. The summed E-state index contributed by atoms with van der Waals surface area (Å²) < 4.78 is 5.74. The average Bonchev–Trinajstić information content (AvgIpc) is 2.62. The van der Waals surface area contributed by atoms with Gasteiger partial charge in [-0.15, -0.1) is 24.8 Å². The number of benzene rings is 1. The normalized spacial score (nSPS) is 15.1. The monoisotopic (exact) mass is 397 g/mol. The molecule has 142 valence electrons. The van der Waals surface area contributed by atoms with Crippen LogP contribution in [-0.4, -0.2) is 16.4 Å². The number of aromatic nitrogens is 1. The molecule has 1 saturated carbocycles. The zero-order valence-corrected chi connectivity index (χ0v) is 16.2. The molecule has 1 heterocycles. The first-order valence-electron chi connectivity index (χ1n) is 8.39. The van der Waals surface area contributed by atoms with Crippen LogP contribution in [0.4, 0.5) is 5.69 Å². The highest BCUT2D eigenvalue weighted by Crippen LogP contribution is 2.28. The van der Waals surface area contributed by atoms with E-state index in [1.807, 2.05) is 42.5 Å². The zero-order valence-electron chi connectivity index (χ0n) is 14.5. The predicted octanol–water partition coefficient (Wildman–Crippen LogP) is 4.10. The average molecular weight is 398 g/mol. The maximum absolute atomic E-state index is 12.5. The molecule has 3 rings (SSSR count). The van der Waals surface area contributed by atoms with Gasteiger partial charge in [-0.1, -0.05) is 31.4 Å². The highest BCUT2D eigenvalue weighted by molar-refractivity contribution is 5.98. The summed E-state index contributed by atoms with van der Waals surface area (Å²) in [5.74, 6) is 0.581. The zero-order chi connectivity index (χ0) is 16.8. The lowest BCUT2D eigenvalue weighted by atomic mass is 9.82. The van der Waals surface area contributed by atoms with Gasteiger partial charge in [0.2, 0.25) is 5.91 Å². The van der Waals surface area contributed by atoms with E-state index >= 15 is 0 Å². The number of hydrogen-bond donors (Lipinski definition) is 2. The van der Waals surface area contributed by atoms with Crippen molar-refractivity contribution in [1.82, 2.24) is 4.98 Å². The SMILES string of the molecule is Cl.Cl.NC1(C(=O)Nc2cccc(OCc3ccccn3)c2)CCCCC1. The van der Waals surface area contributed by atoms with Crippen molar-refractivity contribution in [3.05, 3.63) is 54.4 Å². The molecule has 0 radical (unpaired) electrons. The summed E-state index contributed by atoms with van der Waals surface area (Å²) in [6.07, 6.45) is 6.40. The van der Waals surface area contributed by atoms with Gasteiger partial charge in [0.05, 0.1) is 11.2 Å².